The number of carbonyl (C=O) groups excluding carboxylic acids is 1. The summed E-state index contributed by atoms with van der Waals surface area (Å²) < 4.78 is 14.0. The van der Waals surface area contributed by atoms with Gasteiger partial charge in [0.25, 0.3) is 0 Å². The van der Waals surface area contributed by atoms with Crippen LogP contribution in [0.15, 0.2) is 0 Å². The molecule has 3 nitrogen and oxygen atoms in total. The van der Waals surface area contributed by atoms with Crippen LogP contribution >= 0.6 is 0 Å². The third kappa shape index (κ3) is 1.81. The molecule has 1 aliphatic rings. The first kappa shape index (κ1) is 8.74. The number of ketones is 1. The summed E-state index contributed by atoms with van der Waals surface area (Å²) in [5.74, 6) is 3.77. The van der Waals surface area contributed by atoms with Crippen molar-refractivity contribution >= 4 is 21.4 Å². The van der Waals surface area contributed by atoms with Crippen molar-refractivity contribution in [1.29, 1.82) is 0 Å². The van der Waals surface area contributed by atoms with Crippen LogP contribution in [0.5, 0.6) is 0 Å². The van der Waals surface area contributed by atoms with Gasteiger partial charge in [0.15, 0.2) is 5.78 Å². The largest absolute Gasteiger partial charge is 0.297 e. The summed E-state index contributed by atoms with van der Waals surface area (Å²) in [6.45, 7) is 3.85. The maximum Gasteiger partial charge on any atom is 0.164 e. The summed E-state index contributed by atoms with van der Waals surface area (Å²) in [7, 11) is -2.29. The Bertz CT molecular complexity index is 266. The van der Waals surface area contributed by atoms with Crippen LogP contribution in [-0.4, -0.2) is 27.7 Å². The molecule has 2 unspecified atom stereocenters. The minimum absolute atomic E-state index is 0.0278. The van der Waals surface area contributed by atoms with Crippen LogP contribution in [-0.2, 0) is 14.5 Å². The SMILES string of the molecule is C=S1(=O)CC(=O)C(C(C)C)N1. The predicted octanol–water partition coefficient (Wildman–Crippen LogP) is -0.185. The molecule has 1 fully saturated rings. The Labute approximate surface area is 67.3 Å². The molecule has 0 saturated carbocycles. The fraction of sp³-hybridized carbons (Fsp3) is 0.714. The van der Waals surface area contributed by atoms with Gasteiger partial charge in [0.2, 0.25) is 0 Å². The van der Waals surface area contributed by atoms with Gasteiger partial charge < -0.3 is 0 Å². The van der Waals surface area contributed by atoms with E-state index in [0.29, 0.717) is 0 Å². The number of hydrogen-bond donors (Lipinski definition) is 1. The average molecular weight is 175 g/mol. The zero-order valence-electron chi connectivity index (χ0n) is 6.79. The molecule has 0 spiro atoms. The van der Waals surface area contributed by atoms with Crippen molar-refractivity contribution < 1.29 is 9.00 Å². The van der Waals surface area contributed by atoms with Crippen molar-refractivity contribution in [3.05, 3.63) is 0 Å². The zero-order chi connectivity index (χ0) is 8.65. The smallest absolute Gasteiger partial charge is 0.164 e. The van der Waals surface area contributed by atoms with E-state index in [0.717, 1.165) is 0 Å². The van der Waals surface area contributed by atoms with Gasteiger partial charge in [0, 0.05) is 9.71 Å². The van der Waals surface area contributed by atoms with E-state index in [9.17, 15) is 9.00 Å². The lowest BCUT2D eigenvalue weighted by Crippen LogP contribution is -2.33. The average Bonchev–Trinajstić information content (AvgIpc) is 2.05. The van der Waals surface area contributed by atoms with Crippen LogP contribution in [0, 0.1) is 5.92 Å². The number of carbonyl (C=O) groups is 1. The van der Waals surface area contributed by atoms with Gasteiger partial charge in [-0.05, 0) is 11.8 Å². The minimum Gasteiger partial charge on any atom is -0.297 e. The Balaban J connectivity index is 2.83. The number of Topliss-reactive ketones (excluding diaryl/α,β-unsaturated/α-hetero) is 1. The van der Waals surface area contributed by atoms with Crippen molar-refractivity contribution in [2.24, 2.45) is 5.92 Å². The number of nitrogens with one attached hydrogen (secondary N) is 1. The summed E-state index contributed by atoms with van der Waals surface area (Å²) in [5.41, 5.74) is 0. The molecule has 1 heterocycles. The first-order valence-corrected chi connectivity index (χ1v) is 5.47. The first-order chi connectivity index (χ1) is 4.92. The molecule has 4 heteroatoms. The lowest BCUT2D eigenvalue weighted by Gasteiger charge is -2.11. The van der Waals surface area contributed by atoms with Crippen molar-refractivity contribution in [2.75, 3.05) is 5.75 Å². The summed E-state index contributed by atoms with van der Waals surface area (Å²) in [6.07, 6.45) is 0. The van der Waals surface area contributed by atoms with E-state index in [1.54, 1.807) is 0 Å². The molecule has 0 aromatic heterocycles. The molecule has 64 valence electrons. The molecular formula is C7H13NO2S. The van der Waals surface area contributed by atoms with Gasteiger partial charge in [0.1, 0.15) is 0 Å². The molecule has 1 aliphatic heterocycles. The van der Waals surface area contributed by atoms with Gasteiger partial charge in [-0.3, -0.25) is 9.00 Å². The van der Waals surface area contributed by atoms with E-state index in [2.05, 4.69) is 10.6 Å². The highest BCUT2D eigenvalue weighted by atomic mass is 32.2. The van der Waals surface area contributed by atoms with Crippen LogP contribution in [0.4, 0.5) is 0 Å². The zero-order valence-corrected chi connectivity index (χ0v) is 7.61. The predicted molar refractivity (Wildman–Crippen MR) is 46.9 cm³/mol. The Morgan fingerprint density at radius 2 is 2.27 bits per heavy atom. The molecule has 0 radical (unpaired) electrons. The fourth-order valence-corrected chi connectivity index (χ4v) is 2.76. The van der Waals surface area contributed by atoms with Gasteiger partial charge in [0.05, 0.1) is 11.8 Å². The third-order valence-corrected chi connectivity index (χ3v) is 3.17. The van der Waals surface area contributed by atoms with Gasteiger partial charge in [-0.15, -0.1) is 0 Å². The minimum atomic E-state index is -2.29. The molecule has 0 aromatic rings. The molecule has 0 aliphatic carbocycles. The van der Waals surface area contributed by atoms with E-state index in [1.165, 1.54) is 0 Å². The second-order valence-corrected chi connectivity index (χ2v) is 5.41. The molecule has 1 saturated heterocycles. The maximum atomic E-state index is 11.3. The van der Waals surface area contributed by atoms with E-state index in [1.807, 2.05) is 13.8 Å². The summed E-state index contributed by atoms with van der Waals surface area (Å²) in [5, 5.41) is 0. The van der Waals surface area contributed by atoms with Gasteiger partial charge in [-0.2, -0.15) is 0 Å². The Morgan fingerprint density at radius 3 is 2.45 bits per heavy atom. The second-order valence-electron chi connectivity index (χ2n) is 3.26. The lowest BCUT2D eigenvalue weighted by molar-refractivity contribution is -0.118. The molecular weight excluding hydrogens is 162 g/mol. The fourth-order valence-electron chi connectivity index (χ4n) is 1.17. The third-order valence-electron chi connectivity index (χ3n) is 1.73. The standard InChI is InChI=1S/C7H13NO2S/c1-5(2)7-6(9)4-11(3,10)8-7/h5,7H,3-4H2,1-2H3,(H,8,10). The van der Waals surface area contributed by atoms with Crippen molar-refractivity contribution in [1.82, 2.24) is 4.72 Å². The molecule has 0 amide bonds. The lowest BCUT2D eigenvalue weighted by atomic mass is 10.0. The highest BCUT2D eigenvalue weighted by molar-refractivity contribution is 7.99. The van der Waals surface area contributed by atoms with Crippen molar-refractivity contribution in [3.63, 3.8) is 0 Å². The Hall–Kier alpha value is -0.350. The van der Waals surface area contributed by atoms with Gasteiger partial charge >= 0.3 is 0 Å². The molecule has 1 N–H and O–H groups in total. The van der Waals surface area contributed by atoms with Crippen LogP contribution in [0.3, 0.4) is 0 Å². The van der Waals surface area contributed by atoms with Gasteiger partial charge in [-0.1, -0.05) is 13.8 Å². The molecule has 2 atom stereocenters. The van der Waals surface area contributed by atoms with Crippen LogP contribution in [0.1, 0.15) is 13.8 Å². The first-order valence-electron chi connectivity index (χ1n) is 3.57. The van der Waals surface area contributed by atoms with E-state index < -0.39 is 9.71 Å². The monoisotopic (exact) mass is 175 g/mol. The highest BCUT2D eigenvalue weighted by Crippen LogP contribution is 2.11. The summed E-state index contributed by atoms with van der Waals surface area (Å²) >= 11 is 0. The van der Waals surface area contributed by atoms with Crippen LogP contribution in [0.25, 0.3) is 0 Å². The molecule has 0 aromatic carbocycles. The van der Waals surface area contributed by atoms with Crippen LogP contribution in [0.2, 0.25) is 0 Å². The molecule has 0 bridgehead atoms. The van der Waals surface area contributed by atoms with Crippen LogP contribution < -0.4 is 4.72 Å². The van der Waals surface area contributed by atoms with E-state index >= 15 is 0 Å². The van der Waals surface area contributed by atoms with E-state index in [-0.39, 0.29) is 23.5 Å². The molecule has 1 rings (SSSR count). The second kappa shape index (κ2) is 2.60. The molecule has 11 heavy (non-hydrogen) atoms. The maximum absolute atomic E-state index is 11.3. The van der Waals surface area contributed by atoms with Crippen molar-refractivity contribution in [3.8, 4) is 0 Å². The summed E-state index contributed by atoms with van der Waals surface area (Å²) in [4.78, 5) is 11.1. The quantitative estimate of drug-likeness (QED) is 0.562. The Morgan fingerprint density at radius 1 is 1.73 bits per heavy atom. The van der Waals surface area contributed by atoms with Crippen molar-refractivity contribution in [2.45, 2.75) is 19.9 Å². The topological polar surface area (TPSA) is 46.2 Å². The Kier molecular flexibility index (Phi) is 2.07. The normalized spacial score (nSPS) is 38.5. The van der Waals surface area contributed by atoms with E-state index in [4.69, 9.17) is 0 Å². The number of hydrogen-bond acceptors (Lipinski definition) is 2. The van der Waals surface area contributed by atoms with Gasteiger partial charge in [-0.25, -0.2) is 4.72 Å². The number of rotatable bonds is 1. The summed E-state index contributed by atoms with van der Waals surface area (Å²) in [6, 6.07) is -0.250. The highest BCUT2D eigenvalue weighted by Gasteiger charge is 2.32.